The van der Waals surface area contributed by atoms with E-state index < -0.39 is 59.2 Å². The Labute approximate surface area is 193 Å². The van der Waals surface area contributed by atoms with Crippen molar-refractivity contribution in [1.29, 1.82) is 0 Å². The van der Waals surface area contributed by atoms with Crippen LogP contribution in [-0.2, 0) is 4.79 Å². The monoisotopic (exact) mass is 583 g/mol. The molecule has 0 heterocycles. The molecule has 214 valence electrons. The molecule has 0 saturated carbocycles. The van der Waals surface area contributed by atoms with Crippen molar-refractivity contribution in [3.05, 3.63) is 24.3 Å². The molecule has 0 spiro atoms. The molecule has 0 radical (unpaired) electrons. The lowest BCUT2D eigenvalue weighted by molar-refractivity contribution is -0.459. The zero-order valence-electron chi connectivity index (χ0n) is 17.3. The van der Waals surface area contributed by atoms with Gasteiger partial charge in [-0.25, -0.2) is 0 Å². The maximum atomic E-state index is 13.9. The van der Waals surface area contributed by atoms with Gasteiger partial charge in [0, 0.05) is 5.69 Å². The molecule has 1 amide bonds. The first kappa shape index (κ1) is 32.3. The van der Waals surface area contributed by atoms with E-state index in [0.29, 0.717) is 12.1 Å². The van der Waals surface area contributed by atoms with Gasteiger partial charge in [0.15, 0.2) is 0 Å². The van der Waals surface area contributed by atoms with Gasteiger partial charge in [0.2, 0.25) is 0 Å². The Morgan fingerprint density at radius 2 is 0.973 bits per heavy atom. The molecule has 0 fully saturated rings. The predicted molar refractivity (Wildman–Crippen MR) is 86.9 cm³/mol. The quantitative estimate of drug-likeness (QED) is 0.301. The Kier molecular flexibility index (Phi) is 8.08. The van der Waals surface area contributed by atoms with Gasteiger partial charge in [-0.1, -0.05) is 0 Å². The van der Waals surface area contributed by atoms with Gasteiger partial charge in [-0.15, -0.1) is 0 Å². The van der Waals surface area contributed by atoms with E-state index in [4.69, 9.17) is 4.74 Å². The van der Waals surface area contributed by atoms with Gasteiger partial charge >= 0.3 is 53.5 Å². The summed E-state index contributed by atoms with van der Waals surface area (Å²) in [5, 5.41) is 0.787. The van der Waals surface area contributed by atoms with Crippen molar-refractivity contribution in [2.45, 2.75) is 54.6 Å². The fourth-order valence-electron chi connectivity index (χ4n) is 2.32. The molecule has 1 aromatic rings. The van der Waals surface area contributed by atoms with Crippen molar-refractivity contribution in [1.82, 2.24) is 0 Å². The SMILES string of the molecule is CCOc1ccc(NC(=O)C(F)(F)C(F)(F)C(F)(F)C(F)(F)C(F)(F)C(F)(F)C(F)(F)C(F)(F)F)cc1. The van der Waals surface area contributed by atoms with Crippen molar-refractivity contribution in [2.24, 2.45) is 0 Å². The number of anilines is 1. The molecule has 0 saturated heterocycles. The Morgan fingerprint density at radius 1 is 0.622 bits per heavy atom. The van der Waals surface area contributed by atoms with Crippen LogP contribution < -0.4 is 10.1 Å². The van der Waals surface area contributed by atoms with Crippen LogP contribution in [0.25, 0.3) is 0 Å². The summed E-state index contributed by atoms with van der Waals surface area (Å²) in [6, 6.07) is 2.92. The average molecular weight is 583 g/mol. The highest BCUT2D eigenvalue weighted by Gasteiger charge is 2.95. The predicted octanol–water partition coefficient (Wildman–Crippen LogP) is 7.03. The van der Waals surface area contributed by atoms with Gasteiger partial charge in [0.25, 0.3) is 0 Å². The second kappa shape index (κ2) is 9.25. The molecule has 0 atom stereocenters. The summed E-state index contributed by atoms with van der Waals surface area (Å²) in [5.41, 5.74) is -0.944. The highest BCUT2D eigenvalue weighted by molar-refractivity contribution is 5.97. The zero-order chi connectivity index (χ0) is 29.7. The number of alkyl halides is 17. The Hall–Kier alpha value is -2.70. The molecular formula is C17H10F17NO2. The fourth-order valence-corrected chi connectivity index (χ4v) is 2.32. The molecule has 0 aliphatic heterocycles. The third-order valence-electron chi connectivity index (χ3n) is 4.43. The van der Waals surface area contributed by atoms with Gasteiger partial charge in [-0.3, -0.25) is 4.79 Å². The molecule has 3 nitrogen and oxygen atoms in total. The van der Waals surface area contributed by atoms with E-state index in [1.165, 1.54) is 6.92 Å². The van der Waals surface area contributed by atoms with E-state index in [-0.39, 0.29) is 12.4 Å². The summed E-state index contributed by atoms with van der Waals surface area (Å²) in [6.07, 6.45) is -7.84. The highest BCUT2D eigenvalue weighted by atomic mass is 19.4. The van der Waals surface area contributed by atoms with Crippen LogP contribution in [0.5, 0.6) is 5.75 Å². The van der Waals surface area contributed by atoms with E-state index >= 15 is 0 Å². The van der Waals surface area contributed by atoms with Crippen LogP contribution in [0.3, 0.4) is 0 Å². The highest BCUT2D eigenvalue weighted by Crippen LogP contribution is 2.64. The van der Waals surface area contributed by atoms with E-state index in [1.54, 1.807) is 0 Å². The number of halogens is 17. The van der Waals surface area contributed by atoms with Crippen LogP contribution in [0, 0.1) is 0 Å². The second-order valence-electron chi connectivity index (χ2n) is 6.93. The molecule has 0 aromatic heterocycles. The topological polar surface area (TPSA) is 38.3 Å². The van der Waals surface area contributed by atoms with Crippen molar-refractivity contribution in [3.63, 3.8) is 0 Å². The average Bonchev–Trinajstić information content (AvgIpc) is 2.73. The number of ether oxygens (including phenoxy) is 1. The fraction of sp³-hybridized carbons (Fsp3) is 0.588. The third kappa shape index (κ3) is 4.70. The summed E-state index contributed by atoms with van der Waals surface area (Å²) < 4.78 is 229. The molecule has 1 aromatic carbocycles. The molecule has 0 unspecified atom stereocenters. The molecule has 1 rings (SSSR count). The van der Waals surface area contributed by atoms with Crippen LogP contribution in [0.4, 0.5) is 80.3 Å². The summed E-state index contributed by atoms with van der Waals surface area (Å²) >= 11 is 0. The molecule has 0 aliphatic carbocycles. The van der Waals surface area contributed by atoms with Crippen LogP contribution in [-0.4, -0.2) is 60.1 Å². The number of nitrogens with one attached hydrogen (secondary N) is 1. The van der Waals surface area contributed by atoms with Crippen molar-refractivity contribution >= 4 is 11.6 Å². The van der Waals surface area contributed by atoms with E-state index in [9.17, 15) is 79.4 Å². The lowest BCUT2D eigenvalue weighted by atomic mass is 9.89. The number of amides is 1. The van der Waals surface area contributed by atoms with Crippen LogP contribution in [0.2, 0.25) is 0 Å². The van der Waals surface area contributed by atoms with Gasteiger partial charge in [-0.05, 0) is 31.2 Å². The summed E-state index contributed by atoms with van der Waals surface area (Å²) in [7, 11) is 0. The summed E-state index contributed by atoms with van der Waals surface area (Å²) in [4.78, 5) is 11.4. The number of hydrogen-bond donors (Lipinski definition) is 1. The Morgan fingerprint density at radius 3 is 1.32 bits per heavy atom. The maximum Gasteiger partial charge on any atom is 0.460 e. The van der Waals surface area contributed by atoms with Gasteiger partial charge in [-0.2, -0.15) is 74.6 Å². The lowest BCUT2D eigenvalue weighted by Gasteiger charge is -2.42. The van der Waals surface area contributed by atoms with Crippen LogP contribution >= 0.6 is 0 Å². The lowest BCUT2D eigenvalue weighted by Crippen LogP contribution is -2.75. The number of benzene rings is 1. The maximum absolute atomic E-state index is 13.9. The summed E-state index contributed by atoms with van der Waals surface area (Å²) in [6.45, 7) is 1.48. The second-order valence-corrected chi connectivity index (χ2v) is 6.93. The zero-order valence-corrected chi connectivity index (χ0v) is 17.3. The molecule has 20 heteroatoms. The van der Waals surface area contributed by atoms with E-state index in [2.05, 4.69) is 0 Å². The molecule has 0 aliphatic rings. The minimum absolute atomic E-state index is 0.0257. The number of carbonyl (C=O) groups is 1. The largest absolute Gasteiger partial charge is 0.494 e. The van der Waals surface area contributed by atoms with Gasteiger partial charge in [0.1, 0.15) is 5.75 Å². The van der Waals surface area contributed by atoms with Gasteiger partial charge in [0.05, 0.1) is 6.61 Å². The first-order valence-corrected chi connectivity index (χ1v) is 8.94. The third-order valence-corrected chi connectivity index (χ3v) is 4.43. The smallest absolute Gasteiger partial charge is 0.460 e. The summed E-state index contributed by atoms with van der Waals surface area (Å²) in [5.74, 6) is -61.8. The van der Waals surface area contributed by atoms with Crippen molar-refractivity contribution < 1.29 is 84.2 Å². The molecular weight excluding hydrogens is 573 g/mol. The molecule has 37 heavy (non-hydrogen) atoms. The Balaban J connectivity index is 3.50. The van der Waals surface area contributed by atoms with Crippen LogP contribution in [0.15, 0.2) is 24.3 Å². The number of rotatable bonds is 10. The number of hydrogen-bond acceptors (Lipinski definition) is 2. The van der Waals surface area contributed by atoms with E-state index in [0.717, 1.165) is 17.4 Å². The standard InChI is InChI=1S/C17H10F17NO2/c1-2-37-8-5-3-7(4-6-8)35-9(36)10(18,19)11(20,21)12(22,23)13(24,25)14(26,27)15(28,29)16(30,31)17(32,33)34/h3-6H,2H2,1H3,(H,35,36). The van der Waals surface area contributed by atoms with E-state index in [1.807, 2.05) is 0 Å². The molecule has 1 N–H and O–H groups in total. The normalized spacial score (nSPS) is 15.0. The first-order chi connectivity index (χ1) is 16.2. The van der Waals surface area contributed by atoms with Crippen LogP contribution in [0.1, 0.15) is 6.92 Å². The molecule has 0 bridgehead atoms. The first-order valence-electron chi connectivity index (χ1n) is 8.94. The van der Waals surface area contributed by atoms with Gasteiger partial charge < -0.3 is 10.1 Å². The van der Waals surface area contributed by atoms with Crippen molar-refractivity contribution in [2.75, 3.05) is 11.9 Å². The minimum atomic E-state index is -8.76. The number of carbonyl (C=O) groups excluding carboxylic acids is 1. The van der Waals surface area contributed by atoms with Crippen molar-refractivity contribution in [3.8, 4) is 5.75 Å². The minimum Gasteiger partial charge on any atom is -0.494 e. The Bertz CT molecular complexity index is 969.